The van der Waals surface area contributed by atoms with Crippen LogP contribution < -0.4 is 9.47 Å². The predicted octanol–water partition coefficient (Wildman–Crippen LogP) is 9.35. The van der Waals surface area contributed by atoms with Gasteiger partial charge in [0.05, 0.1) is 35.3 Å². The lowest BCUT2D eigenvalue weighted by molar-refractivity contribution is 0.301. The second-order valence-corrected chi connectivity index (χ2v) is 10.8. The normalized spacial score (nSPS) is 11.3. The number of benzene rings is 4. The quantitative estimate of drug-likeness (QED) is 0.123. The number of unbranched alkanes of at least 4 members (excludes halogenated alkanes) is 7. The van der Waals surface area contributed by atoms with Gasteiger partial charge in [0.25, 0.3) is 0 Å². The first-order chi connectivity index (χ1) is 20.8. The number of aromatic nitrogens is 4. The molecule has 6 rings (SSSR count). The molecule has 42 heavy (non-hydrogen) atoms. The molecule has 2 aromatic heterocycles. The van der Waals surface area contributed by atoms with Gasteiger partial charge in [0.2, 0.25) is 0 Å². The van der Waals surface area contributed by atoms with Crippen LogP contribution in [0.2, 0.25) is 0 Å². The van der Waals surface area contributed by atoms with Crippen molar-refractivity contribution in [2.75, 3.05) is 13.2 Å². The lowest BCUT2D eigenvalue weighted by Crippen LogP contribution is -1.98. The summed E-state index contributed by atoms with van der Waals surface area (Å²) < 4.78 is 12.0. The Hall–Kier alpha value is -4.58. The number of para-hydroxylation sites is 4. The number of aromatic amines is 2. The summed E-state index contributed by atoms with van der Waals surface area (Å²) in [5.74, 6) is 3.58. The van der Waals surface area contributed by atoms with E-state index < -0.39 is 0 Å². The average Bonchev–Trinajstić information content (AvgIpc) is 3.67. The Bertz CT molecular complexity index is 1640. The van der Waals surface area contributed by atoms with Gasteiger partial charge in [-0.15, -0.1) is 0 Å². The van der Waals surface area contributed by atoms with E-state index in [2.05, 4.69) is 39.2 Å². The standard InChI is InChI=1S/C36H38N4O2/c1(3-5-11-24-41-29-22-20-27(21-23-29)35-37-31-16-7-8-17-32(31)38-35)2-4-6-12-25-42-30-15-13-14-28(26-30)36-39-33-18-9-10-19-34(33)40-36/h7-10,13-23,26H,1-6,11-12,24-25H2,(H,37,38)(H,39,40). The molecule has 0 aliphatic carbocycles. The highest BCUT2D eigenvalue weighted by atomic mass is 16.5. The third-order valence-corrected chi connectivity index (χ3v) is 7.59. The molecular formula is C36H38N4O2. The summed E-state index contributed by atoms with van der Waals surface area (Å²) in [6, 6.07) is 32.6. The van der Waals surface area contributed by atoms with Crippen LogP contribution >= 0.6 is 0 Å². The van der Waals surface area contributed by atoms with Gasteiger partial charge < -0.3 is 19.4 Å². The molecule has 214 valence electrons. The third-order valence-electron chi connectivity index (χ3n) is 7.59. The van der Waals surface area contributed by atoms with Crippen LogP contribution in [0.15, 0.2) is 97.1 Å². The molecule has 0 bridgehead atoms. The Morgan fingerprint density at radius 2 is 0.976 bits per heavy atom. The Morgan fingerprint density at radius 1 is 0.452 bits per heavy atom. The molecule has 0 fully saturated rings. The molecule has 0 radical (unpaired) electrons. The molecule has 2 N–H and O–H groups in total. The van der Waals surface area contributed by atoms with E-state index in [9.17, 15) is 0 Å². The molecule has 0 saturated carbocycles. The van der Waals surface area contributed by atoms with E-state index in [1.54, 1.807) is 0 Å². The van der Waals surface area contributed by atoms with Crippen LogP contribution in [0, 0.1) is 0 Å². The average molecular weight is 559 g/mol. The summed E-state index contributed by atoms with van der Waals surface area (Å²) in [6.07, 6.45) is 9.68. The van der Waals surface area contributed by atoms with E-state index in [0.717, 1.165) is 82.4 Å². The van der Waals surface area contributed by atoms with E-state index >= 15 is 0 Å². The highest BCUT2D eigenvalue weighted by Gasteiger charge is 2.07. The summed E-state index contributed by atoms with van der Waals surface area (Å²) in [5, 5.41) is 0. The molecular weight excluding hydrogens is 520 g/mol. The number of nitrogens with one attached hydrogen (secondary N) is 2. The smallest absolute Gasteiger partial charge is 0.138 e. The van der Waals surface area contributed by atoms with Crippen molar-refractivity contribution in [3.05, 3.63) is 97.1 Å². The maximum Gasteiger partial charge on any atom is 0.138 e. The van der Waals surface area contributed by atoms with Gasteiger partial charge in [-0.25, -0.2) is 9.97 Å². The Morgan fingerprint density at radius 3 is 1.57 bits per heavy atom. The van der Waals surface area contributed by atoms with Crippen molar-refractivity contribution in [3.63, 3.8) is 0 Å². The SMILES string of the molecule is c1cc(OCCCCCCCCCCOc2ccc(-c3nc4ccccc4[nH]3)cc2)cc(-c2nc3ccccc3[nH]2)c1. The van der Waals surface area contributed by atoms with Crippen LogP contribution in [0.4, 0.5) is 0 Å². The molecule has 0 aliphatic heterocycles. The first-order valence-corrected chi connectivity index (χ1v) is 15.2. The Kier molecular flexibility index (Phi) is 9.10. The zero-order chi connectivity index (χ0) is 28.4. The topological polar surface area (TPSA) is 75.8 Å². The van der Waals surface area contributed by atoms with E-state index in [1.165, 1.54) is 38.5 Å². The minimum atomic E-state index is 0.750. The van der Waals surface area contributed by atoms with Crippen molar-refractivity contribution in [1.29, 1.82) is 0 Å². The van der Waals surface area contributed by atoms with Crippen molar-refractivity contribution in [1.82, 2.24) is 19.9 Å². The van der Waals surface area contributed by atoms with E-state index in [0.29, 0.717) is 0 Å². The minimum Gasteiger partial charge on any atom is -0.494 e. The second kappa shape index (κ2) is 13.9. The Labute approximate surface area is 247 Å². The lowest BCUT2D eigenvalue weighted by atomic mass is 10.1. The summed E-state index contributed by atoms with van der Waals surface area (Å²) in [6.45, 7) is 1.51. The van der Waals surface area contributed by atoms with E-state index in [1.807, 2.05) is 72.8 Å². The lowest BCUT2D eigenvalue weighted by Gasteiger charge is -2.08. The minimum absolute atomic E-state index is 0.750. The molecule has 2 heterocycles. The number of nitrogens with zero attached hydrogens (tertiary/aromatic N) is 2. The maximum atomic E-state index is 6.03. The molecule has 6 nitrogen and oxygen atoms in total. The molecule has 6 heteroatoms. The van der Waals surface area contributed by atoms with Crippen molar-refractivity contribution in [3.8, 4) is 34.3 Å². The molecule has 0 amide bonds. The van der Waals surface area contributed by atoms with Crippen LogP contribution in [0.3, 0.4) is 0 Å². The monoisotopic (exact) mass is 558 g/mol. The van der Waals surface area contributed by atoms with E-state index in [4.69, 9.17) is 14.5 Å². The number of fused-ring (bicyclic) bond motifs is 2. The van der Waals surface area contributed by atoms with Crippen LogP contribution in [-0.4, -0.2) is 33.1 Å². The number of hydrogen-bond donors (Lipinski definition) is 2. The first-order valence-electron chi connectivity index (χ1n) is 15.2. The van der Waals surface area contributed by atoms with Crippen LogP contribution in [0.5, 0.6) is 11.5 Å². The number of H-pyrrole nitrogens is 2. The summed E-state index contributed by atoms with van der Waals surface area (Å²) >= 11 is 0. The third kappa shape index (κ3) is 7.19. The largest absolute Gasteiger partial charge is 0.494 e. The van der Waals surface area contributed by atoms with Gasteiger partial charge in [-0.05, 0) is 73.5 Å². The number of ether oxygens (including phenoxy) is 2. The number of imidazole rings is 2. The molecule has 4 aromatic carbocycles. The number of hydrogen-bond acceptors (Lipinski definition) is 4. The first kappa shape index (κ1) is 27.6. The van der Waals surface area contributed by atoms with Gasteiger partial charge in [-0.1, -0.05) is 74.9 Å². The van der Waals surface area contributed by atoms with Crippen LogP contribution in [0.25, 0.3) is 44.8 Å². The van der Waals surface area contributed by atoms with Gasteiger partial charge in [-0.2, -0.15) is 0 Å². The van der Waals surface area contributed by atoms with Gasteiger partial charge in [0.1, 0.15) is 23.1 Å². The van der Waals surface area contributed by atoms with Crippen LogP contribution in [-0.2, 0) is 0 Å². The molecule has 0 saturated heterocycles. The van der Waals surface area contributed by atoms with Crippen molar-refractivity contribution >= 4 is 22.1 Å². The highest BCUT2D eigenvalue weighted by Crippen LogP contribution is 2.25. The van der Waals surface area contributed by atoms with Gasteiger partial charge in [0, 0.05) is 11.1 Å². The molecule has 0 atom stereocenters. The van der Waals surface area contributed by atoms with Crippen molar-refractivity contribution < 1.29 is 9.47 Å². The van der Waals surface area contributed by atoms with Crippen molar-refractivity contribution in [2.24, 2.45) is 0 Å². The molecule has 6 aromatic rings. The van der Waals surface area contributed by atoms with Gasteiger partial charge in [0.15, 0.2) is 0 Å². The molecule has 0 unspecified atom stereocenters. The van der Waals surface area contributed by atoms with Gasteiger partial charge in [-0.3, -0.25) is 0 Å². The summed E-state index contributed by atoms with van der Waals surface area (Å²) in [7, 11) is 0. The number of rotatable bonds is 15. The maximum absolute atomic E-state index is 6.03. The fraction of sp³-hybridized carbons (Fsp3) is 0.278. The fourth-order valence-corrected chi connectivity index (χ4v) is 5.27. The zero-order valence-electron chi connectivity index (χ0n) is 24.0. The predicted molar refractivity (Wildman–Crippen MR) is 171 cm³/mol. The summed E-state index contributed by atoms with van der Waals surface area (Å²) in [5.41, 5.74) is 6.19. The van der Waals surface area contributed by atoms with Gasteiger partial charge >= 0.3 is 0 Å². The second-order valence-electron chi connectivity index (χ2n) is 10.8. The zero-order valence-corrected chi connectivity index (χ0v) is 24.0. The fourth-order valence-electron chi connectivity index (χ4n) is 5.27. The van der Waals surface area contributed by atoms with Crippen LogP contribution in [0.1, 0.15) is 51.4 Å². The summed E-state index contributed by atoms with van der Waals surface area (Å²) in [4.78, 5) is 16.1. The molecule has 0 spiro atoms. The Balaban J connectivity index is 0.802. The van der Waals surface area contributed by atoms with Crippen molar-refractivity contribution in [2.45, 2.75) is 51.4 Å². The van der Waals surface area contributed by atoms with E-state index in [-0.39, 0.29) is 0 Å². The highest BCUT2D eigenvalue weighted by molar-refractivity contribution is 5.80. The molecule has 0 aliphatic rings.